The van der Waals surface area contributed by atoms with Gasteiger partial charge in [-0.25, -0.2) is 4.79 Å². The van der Waals surface area contributed by atoms with Gasteiger partial charge in [0.1, 0.15) is 5.00 Å². The Morgan fingerprint density at radius 1 is 1.26 bits per heavy atom. The number of hydrogen-bond donors (Lipinski definition) is 2. The SMILES string of the molecule is CCOC(=O)c1c(NC(=O)CNCCN(CC)CC)sc2c1CCC(C)C2. The van der Waals surface area contributed by atoms with Gasteiger partial charge in [0, 0.05) is 18.0 Å². The predicted octanol–water partition coefficient (Wildman–Crippen LogP) is 2.92. The minimum atomic E-state index is -0.325. The predicted molar refractivity (Wildman–Crippen MR) is 111 cm³/mol. The maximum Gasteiger partial charge on any atom is 0.341 e. The van der Waals surface area contributed by atoms with Gasteiger partial charge in [-0.15, -0.1) is 11.3 Å². The number of nitrogens with one attached hydrogen (secondary N) is 2. The molecule has 1 amide bonds. The molecule has 6 nitrogen and oxygen atoms in total. The Kier molecular flexibility index (Phi) is 8.73. The average molecular weight is 396 g/mol. The number of amides is 1. The Bertz CT molecular complexity index is 641. The summed E-state index contributed by atoms with van der Waals surface area (Å²) in [7, 11) is 0. The highest BCUT2D eigenvalue weighted by Crippen LogP contribution is 2.40. The molecule has 2 N–H and O–H groups in total. The lowest BCUT2D eigenvalue weighted by Gasteiger charge is -2.18. The second-order valence-electron chi connectivity index (χ2n) is 7.03. The smallest absolute Gasteiger partial charge is 0.341 e. The zero-order chi connectivity index (χ0) is 19.8. The van der Waals surface area contributed by atoms with Crippen molar-refractivity contribution in [3.8, 4) is 0 Å². The van der Waals surface area contributed by atoms with Crippen molar-refractivity contribution in [1.29, 1.82) is 0 Å². The summed E-state index contributed by atoms with van der Waals surface area (Å²) in [4.78, 5) is 28.4. The van der Waals surface area contributed by atoms with Crippen LogP contribution >= 0.6 is 11.3 Å². The molecule has 0 fully saturated rings. The van der Waals surface area contributed by atoms with Gasteiger partial charge in [0.05, 0.1) is 18.7 Å². The standard InChI is InChI=1S/C20H33N3O3S/c1-5-23(6-2)11-10-21-13-17(24)22-19-18(20(25)26-7-3)15-9-8-14(4)12-16(15)27-19/h14,21H,5-13H2,1-4H3,(H,22,24). The molecule has 27 heavy (non-hydrogen) atoms. The third-order valence-corrected chi connectivity index (χ3v) is 6.20. The molecule has 7 heteroatoms. The van der Waals surface area contributed by atoms with Crippen LogP contribution in [0, 0.1) is 5.92 Å². The molecule has 2 rings (SSSR count). The van der Waals surface area contributed by atoms with Gasteiger partial charge in [0.15, 0.2) is 0 Å². The molecule has 1 unspecified atom stereocenters. The summed E-state index contributed by atoms with van der Waals surface area (Å²) in [5.41, 5.74) is 1.64. The number of nitrogens with zero attached hydrogens (tertiary/aromatic N) is 1. The van der Waals surface area contributed by atoms with Crippen molar-refractivity contribution in [3.63, 3.8) is 0 Å². The van der Waals surface area contributed by atoms with Crippen molar-refractivity contribution < 1.29 is 14.3 Å². The van der Waals surface area contributed by atoms with E-state index in [4.69, 9.17) is 4.74 Å². The van der Waals surface area contributed by atoms with Crippen LogP contribution < -0.4 is 10.6 Å². The fourth-order valence-corrected chi connectivity index (χ4v) is 4.82. The molecule has 1 atom stereocenters. The number of carbonyl (C=O) groups excluding carboxylic acids is 2. The number of thiophene rings is 1. The molecule has 152 valence electrons. The van der Waals surface area contributed by atoms with Gasteiger partial charge in [-0.2, -0.15) is 0 Å². The minimum Gasteiger partial charge on any atom is -0.462 e. The Labute approximate surface area is 166 Å². The van der Waals surface area contributed by atoms with Crippen molar-refractivity contribution in [2.45, 2.75) is 47.0 Å². The molecule has 0 aromatic carbocycles. The Balaban J connectivity index is 2.00. The lowest BCUT2D eigenvalue weighted by Crippen LogP contribution is -2.35. The number of fused-ring (bicyclic) bond motifs is 1. The molecule has 0 aliphatic heterocycles. The molecule has 1 aromatic rings. The first-order valence-electron chi connectivity index (χ1n) is 10.0. The van der Waals surface area contributed by atoms with Crippen LogP contribution in [0.25, 0.3) is 0 Å². The Morgan fingerprint density at radius 3 is 2.67 bits per heavy atom. The van der Waals surface area contributed by atoms with Gasteiger partial charge in [-0.1, -0.05) is 20.8 Å². The van der Waals surface area contributed by atoms with E-state index in [1.165, 1.54) is 16.2 Å². The Morgan fingerprint density at radius 2 is 2.00 bits per heavy atom. The lowest BCUT2D eigenvalue weighted by molar-refractivity contribution is -0.115. The van der Waals surface area contributed by atoms with Crippen LogP contribution in [-0.2, 0) is 22.4 Å². The van der Waals surface area contributed by atoms with Crippen LogP contribution in [0.3, 0.4) is 0 Å². The van der Waals surface area contributed by atoms with Crippen molar-refractivity contribution in [2.75, 3.05) is 44.6 Å². The van der Waals surface area contributed by atoms with Gasteiger partial charge < -0.3 is 20.3 Å². The normalized spacial score (nSPS) is 16.3. The first-order valence-corrected chi connectivity index (χ1v) is 10.9. The first kappa shape index (κ1) is 21.9. The maximum absolute atomic E-state index is 12.5. The van der Waals surface area contributed by atoms with Crippen molar-refractivity contribution in [3.05, 3.63) is 16.0 Å². The molecular formula is C20H33N3O3S. The zero-order valence-corrected chi connectivity index (χ0v) is 17.8. The maximum atomic E-state index is 12.5. The molecule has 1 heterocycles. The quantitative estimate of drug-likeness (QED) is 0.471. The highest BCUT2D eigenvalue weighted by molar-refractivity contribution is 7.17. The van der Waals surface area contributed by atoms with Gasteiger partial charge >= 0.3 is 5.97 Å². The van der Waals surface area contributed by atoms with Gasteiger partial charge in [-0.05, 0) is 50.8 Å². The number of anilines is 1. The molecule has 0 radical (unpaired) electrons. The van der Waals surface area contributed by atoms with E-state index in [0.29, 0.717) is 23.1 Å². The van der Waals surface area contributed by atoms with E-state index in [1.54, 1.807) is 6.92 Å². The van der Waals surface area contributed by atoms with Crippen LogP contribution in [-0.4, -0.2) is 56.1 Å². The van der Waals surface area contributed by atoms with E-state index >= 15 is 0 Å². The minimum absolute atomic E-state index is 0.119. The van der Waals surface area contributed by atoms with E-state index in [0.717, 1.165) is 51.0 Å². The van der Waals surface area contributed by atoms with Gasteiger partial charge in [0.25, 0.3) is 0 Å². The Hall–Kier alpha value is -1.44. The molecule has 1 aliphatic carbocycles. The lowest BCUT2D eigenvalue weighted by atomic mass is 9.88. The summed E-state index contributed by atoms with van der Waals surface area (Å²) in [5, 5.41) is 6.76. The number of rotatable bonds is 10. The molecule has 0 saturated heterocycles. The number of esters is 1. The summed E-state index contributed by atoms with van der Waals surface area (Å²) < 4.78 is 5.25. The number of hydrogen-bond acceptors (Lipinski definition) is 6. The first-order chi connectivity index (χ1) is 13.0. The van der Waals surface area contributed by atoms with E-state index in [2.05, 4.69) is 36.3 Å². The third-order valence-electron chi connectivity index (χ3n) is 5.03. The molecule has 0 saturated carbocycles. The second kappa shape index (κ2) is 10.8. The van der Waals surface area contributed by atoms with Crippen LogP contribution in [0.1, 0.15) is 54.9 Å². The van der Waals surface area contributed by atoms with E-state index in [9.17, 15) is 9.59 Å². The monoisotopic (exact) mass is 395 g/mol. The van der Waals surface area contributed by atoms with Crippen LogP contribution in [0.5, 0.6) is 0 Å². The van der Waals surface area contributed by atoms with E-state index in [1.807, 2.05) is 0 Å². The number of carbonyl (C=O) groups is 2. The van der Waals surface area contributed by atoms with Gasteiger partial charge in [0.2, 0.25) is 5.91 Å². The molecular weight excluding hydrogens is 362 g/mol. The van der Waals surface area contributed by atoms with Gasteiger partial charge in [-0.3, -0.25) is 4.79 Å². The highest BCUT2D eigenvalue weighted by atomic mass is 32.1. The average Bonchev–Trinajstić information content (AvgIpc) is 2.98. The zero-order valence-electron chi connectivity index (χ0n) is 17.0. The second-order valence-corrected chi connectivity index (χ2v) is 8.13. The largest absolute Gasteiger partial charge is 0.462 e. The van der Waals surface area contributed by atoms with Crippen molar-refractivity contribution in [1.82, 2.24) is 10.2 Å². The molecule has 1 aliphatic rings. The summed E-state index contributed by atoms with van der Waals surface area (Å²) in [6.07, 6.45) is 2.90. The van der Waals surface area contributed by atoms with E-state index < -0.39 is 0 Å². The van der Waals surface area contributed by atoms with Crippen LogP contribution in [0.15, 0.2) is 0 Å². The molecule has 0 bridgehead atoms. The van der Waals surface area contributed by atoms with Crippen molar-refractivity contribution in [2.24, 2.45) is 5.92 Å². The molecule has 1 aromatic heterocycles. The summed E-state index contributed by atoms with van der Waals surface area (Å²) in [6, 6.07) is 0. The van der Waals surface area contributed by atoms with Crippen LogP contribution in [0.2, 0.25) is 0 Å². The van der Waals surface area contributed by atoms with E-state index in [-0.39, 0.29) is 18.4 Å². The summed E-state index contributed by atoms with van der Waals surface area (Å²) in [5.74, 6) is 0.164. The summed E-state index contributed by atoms with van der Waals surface area (Å²) in [6.45, 7) is 12.6. The molecule has 0 spiro atoms. The fourth-order valence-electron chi connectivity index (χ4n) is 3.41. The third kappa shape index (κ3) is 6.02. The fraction of sp³-hybridized carbons (Fsp3) is 0.700. The van der Waals surface area contributed by atoms with Crippen LogP contribution in [0.4, 0.5) is 5.00 Å². The summed E-state index contributed by atoms with van der Waals surface area (Å²) >= 11 is 1.53. The highest BCUT2D eigenvalue weighted by Gasteiger charge is 2.29. The number of ether oxygens (including phenoxy) is 1. The van der Waals surface area contributed by atoms with Crippen molar-refractivity contribution >= 4 is 28.2 Å². The topological polar surface area (TPSA) is 70.7 Å². The number of likely N-dealkylation sites (N-methyl/N-ethyl adjacent to an activating group) is 1.